The van der Waals surface area contributed by atoms with Crippen molar-refractivity contribution >= 4 is 5.97 Å². The number of methoxy groups -OCH3 is 1. The Labute approximate surface area is 185 Å². The van der Waals surface area contributed by atoms with Crippen LogP contribution in [0, 0.1) is 0 Å². The second-order valence-electron chi connectivity index (χ2n) is 7.23. The Balaban J connectivity index is 1.94. The number of rotatable bonds is 12. The number of hydrogen-bond acceptors (Lipinski definition) is 6. The highest BCUT2D eigenvalue weighted by molar-refractivity contribution is 5.70. The van der Waals surface area contributed by atoms with Gasteiger partial charge in [-0.05, 0) is 48.7 Å². The predicted molar refractivity (Wildman–Crippen MR) is 112 cm³/mol. The summed E-state index contributed by atoms with van der Waals surface area (Å²) in [6, 6.07) is 12.3. The summed E-state index contributed by atoms with van der Waals surface area (Å²) in [5, 5.41) is 12.3. The molecule has 0 bridgehead atoms. The molecule has 0 saturated carbocycles. The molecular weight excluding hydrogens is 427 g/mol. The predicted octanol–water partition coefficient (Wildman–Crippen LogP) is 3.53. The van der Waals surface area contributed by atoms with Gasteiger partial charge in [-0.1, -0.05) is 24.3 Å². The Morgan fingerprint density at radius 3 is 2.50 bits per heavy atom. The van der Waals surface area contributed by atoms with Crippen LogP contribution >= 0.6 is 0 Å². The Morgan fingerprint density at radius 2 is 1.88 bits per heavy atom. The molecule has 176 valence electrons. The van der Waals surface area contributed by atoms with Crippen molar-refractivity contribution in [3.05, 3.63) is 65.2 Å². The molecule has 2 unspecified atom stereocenters. The minimum absolute atomic E-state index is 0.00265. The fraction of sp³-hybridized carbons (Fsp3) is 0.435. The maximum Gasteiger partial charge on any atom is 0.416 e. The van der Waals surface area contributed by atoms with Crippen LogP contribution in [0.15, 0.2) is 48.5 Å². The van der Waals surface area contributed by atoms with Gasteiger partial charge in [0.05, 0.1) is 32.0 Å². The smallest absolute Gasteiger partial charge is 0.416 e. The van der Waals surface area contributed by atoms with E-state index in [0.29, 0.717) is 17.7 Å². The van der Waals surface area contributed by atoms with Gasteiger partial charge in [-0.15, -0.1) is 0 Å². The molecule has 32 heavy (non-hydrogen) atoms. The minimum atomic E-state index is -4.44. The number of alkyl halides is 3. The van der Waals surface area contributed by atoms with Gasteiger partial charge in [0.25, 0.3) is 0 Å². The van der Waals surface area contributed by atoms with Gasteiger partial charge in [0, 0.05) is 12.6 Å². The highest BCUT2D eigenvalue weighted by Crippen LogP contribution is 2.31. The molecule has 9 heteroatoms. The summed E-state index contributed by atoms with van der Waals surface area (Å²) in [7, 11) is 1.29. The zero-order valence-electron chi connectivity index (χ0n) is 18.0. The fourth-order valence-electron chi connectivity index (χ4n) is 3.04. The van der Waals surface area contributed by atoms with Crippen molar-refractivity contribution in [3.8, 4) is 5.75 Å². The monoisotopic (exact) mass is 455 g/mol. The second kappa shape index (κ2) is 12.4. The van der Waals surface area contributed by atoms with Crippen molar-refractivity contribution in [1.82, 2.24) is 5.32 Å². The molecule has 0 aromatic heterocycles. The first kappa shape index (κ1) is 25.6. The Morgan fingerprint density at radius 1 is 1.16 bits per heavy atom. The highest BCUT2D eigenvalue weighted by Gasteiger charge is 2.31. The molecule has 0 amide bonds. The number of carbonyl (C=O) groups excluding carboxylic acids is 1. The van der Waals surface area contributed by atoms with Crippen LogP contribution in [-0.4, -0.2) is 50.6 Å². The third kappa shape index (κ3) is 8.49. The van der Waals surface area contributed by atoms with Gasteiger partial charge in [-0.3, -0.25) is 0 Å². The van der Waals surface area contributed by atoms with Crippen molar-refractivity contribution in [1.29, 1.82) is 0 Å². The summed E-state index contributed by atoms with van der Waals surface area (Å²) in [5.41, 5.74) is 0.664. The van der Waals surface area contributed by atoms with Gasteiger partial charge in [0.2, 0.25) is 0 Å². The van der Waals surface area contributed by atoms with Crippen LogP contribution < -0.4 is 10.1 Å². The SMILES string of the molecule is COC(=O)COc1ccc(CC(C)NCC(OCCO)c2cccc(C(F)(F)F)c2)cc1. The number of carbonyl (C=O) groups is 1. The number of aliphatic hydroxyl groups is 1. The summed E-state index contributed by atoms with van der Waals surface area (Å²) in [4.78, 5) is 11.1. The number of benzene rings is 2. The topological polar surface area (TPSA) is 77.0 Å². The number of hydrogen-bond donors (Lipinski definition) is 2. The van der Waals surface area contributed by atoms with Crippen molar-refractivity contribution in [3.63, 3.8) is 0 Å². The third-order valence-electron chi connectivity index (χ3n) is 4.70. The molecule has 2 aromatic carbocycles. The fourth-order valence-corrected chi connectivity index (χ4v) is 3.04. The Bertz CT molecular complexity index is 842. The lowest BCUT2D eigenvalue weighted by atomic mass is 10.0. The average Bonchev–Trinajstić information content (AvgIpc) is 2.78. The minimum Gasteiger partial charge on any atom is -0.482 e. The number of halogens is 3. The lowest BCUT2D eigenvalue weighted by Crippen LogP contribution is -2.33. The molecule has 0 saturated heterocycles. The van der Waals surface area contributed by atoms with E-state index in [-0.39, 0.29) is 32.4 Å². The maximum absolute atomic E-state index is 13.0. The standard InChI is InChI=1S/C23H28F3NO5/c1-16(12-17-6-8-20(9-7-17)32-15-22(29)30-2)27-14-21(31-11-10-28)18-4-3-5-19(13-18)23(24,25)26/h3-9,13,16,21,27-28H,10-12,14-15H2,1-2H3. The summed E-state index contributed by atoms with van der Waals surface area (Å²) >= 11 is 0. The van der Waals surface area contributed by atoms with Crippen molar-refractivity contribution < 1.29 is 37.3 Å². The lowest BCUT2D eigenvalue weighted by molar-refractivity contribution is -0.143. The molecule has 0 heterocycles. The maximum atomic E-state index is 13.0. The van der Waals surface area contributed by atoms with E-state index in [1.165, 1.54) is 13.2 Å². The highest BCUT2D eigenvalue weighted by atomic mass is 19.4. The van der Waals surface area contributed by atoms with E-state index < -0.39 is 23.8 Å². The molecule has 0 fully saturated rings. The largest absolute Gasteiger partial charge is 0.482 e. The van der Waals surface area contributed by atoms with Crippen molar-refractivity contribution in [2.24, 2.45) is 0 Å². The Hall–Kier alpha value is -2.62. The van der Waals surface area contributed by atoms with Crippen molar-refractivity contribution in [2.75, 3.05) is 33.5 Å². The van der Waals surface area contributed by atoms with E-state index in [1.807, 2.05) is 19.1 Å². The molecule has 0 spiro atoms. The first-order valence-electron chi connectivity index (χ1n) is 10.1. The summed E-state index contributed by atoms with van der Waals surface area (Å²) in [6.45, 7) is 1.86. The summed E-state index contributed by atoms with van der Waals surface area (Å²) in [5.74, 6) is 0.0763. The van der Waals surface area contributed by atoms with Crippen LogP contribution in [0.4, 0.5) is 13.2 Å². The van der Waals surface area contributed by atoms with Crippen LogP contribution in [0.25, 0.3) is 0 Å². The number of esters is 1. The van der Waals surface area contributed by atoms with Crippen LogP contribution in [0.5, 0.6) is 5.75 Å². The molecule has 0 aliphatic carbocycles. The van der Waals surface area contributed by atoms with Gasteiger partial charge in [-0.25, -0.2) is 4.79 Å². The van der Waals surface area contributed by atoms with Crippen LogP contribution in [0.2, 0.25) is 0 Å². The van der Waals surface area contributed by atoms with E-state index in [1.54, 1.807) is 18.2 Å². The van der Waals surface area contributed by atoms with Gasteiger partial charge in [0.15, 0.2) is 6.61 Å². The first-order chi connectivity index (χ1) is 15.2. The average molecular weight is 455 g/mol. The lowest BCUT2D eigenvalue weighted by Gasteiger charge is -2.22. The third-order valence-corrected chi connectivity index (χ3v) is 4.70. The van der Waals surface area contributed by atoms with E-state index in [2.05, 4.69) is 10.1 Å². The van der Waals surface area contributed by atoms with Crippen LogP contribution in [-0.2, 0) is 26.9 Å². The summed E-state index contributed by atoms with van der Waals surface area (Å²) in [6.07, 6.45) is -4.42. The molecule has 2 aromatic rings. The number of ether oxygens (including phenoxy) is 3. The van der Waals surface area contributed by atoms with Gasteiger partial charge >= 0.3 is 12.1 Å². The normalized spacial score (nSPS) is 13.4. The van der Waals surface area contributed by atoms with Gasteiger partial charge < -0.3 is 24.6 Å². The molecule has 0 radical (unpaired) electrons. The molecule has 0 aliphatic heterocycles. The van der Waals surface area contributed by atoms with E-state index in [4.69, 9.17) is 14.6 Å². The first-order valence-corrected chi connectivity index (χ1v) is 10.1. The van der Waals surface area contributed by atoms with Gasteiger partial charge in [0.1, 0.15) is 5.75 Å². The van der Waals surface area contributed by atoms with E-state index >= 15 is 0 Å². The quantitative estimate of drug-likeness (QED) is 0.477. The van der Waals surface area contributed by atoms with E-state index in [0.717, 1.165) is 17.7 Å². The van der Waals surface area contributed by atoms with Crippen LogP contribution in [0.3, 0.4) is 0 Å². The molecule has 0 aliphatic rings. The molecular formula is C23H28F3NO5. The molecule has 6 nitrogen and oxygen atoms in total. The summed E-state index contributed by atoms with van der Waals surface area (Å²) < 4.78 is 54.6. The van der Waals surface area contributed by atoms with Crippen LogP contribution in [0.1, 0.15) is 29.7 Å². The zero-order valence-corrected chi connectivity index (χ0v) is 18.0. The van der Waals surface area contributed by atoms with Crippen molar-refractivity contribution in [2.45, 2.75) is 31.7 Å². The van der Waals surface area contributed by atoms with E-state index in [9.17, 15) is 18.0 Å². The number of aliphatic hydroxyl groups excluding tert-OH is 1. The second-order valence-corrected chi connectivity index (χ2v) is 7.23. The Kier molecular flexibility index (Phi) is 9.96. The molecule has 2 atom stereocenters. The zero-order chi connectivity index (χ0) is 23.6. The number of nitrogens with one attached hydrogen (secondary N) is 1. The van der Waals surface area contributed by atoms with Gasteiger partial charge in [-0.2, -0.15) is 13.2 Å². The molecule has 2 rings (SSSR count). The molecule has 2 N–H and O–H groups in total.